The van der Waals surface area contributed by atoms with Crippen LogP contribution in [0.4, 0.5) is 10.8 Å². The minimum atomic E-state index is -0.970. The van der Waals surface area contributed by atoms with Gasteiger partial charge in [0.2, 0.25) is 11.8 Å². The zero-order valence-corrected chi connectivity index (χ0v) is 21.7. The van der Waals surface area contributed by atoms with E-state index in [1.165, 1.54) is 23.1 Å². The molecular formula is C26H24ClN3O4S2. The average Bonchev–Trinajstić information content (AvgIpc) is 3.32. The molecule has 3 N–H and O–H groups in total. The Labute approximate surface area is 222 Å². The Balaban J connectivity index is 1.36. The summed E-state index contributed by atoms with van der Waals surface area (Å²) in [6, 6.07) is 14.6. The van der Waals surface area contributed by atoms with Crippen LogP contribution in [0.1, 0.15) is 19.8 Å². The molecule has 3 unspecified atom stereocenters. The minimum absolute atomic E-state index is 0.201. The van der Waals surface area contributed by atoms with Crippen LogP contribution >= 0.6 is 34.7 Å². The number of hydrogen-bond donors (Lipinski definition) is 3. The van der Waals surface area contributed by atoms with Crippen molar-refractivity contribution in [3.05, 3.63) is 71.1 Å². The van der Waals surface area contributed by atoms with E-state index >= 15 is 0 Å². The summed E-state index contributed by atoms with van der Waals surface area (Å²) < 4.78 is 0. The second-order valence-corrected chi connectivity index (χ2v) is 11.0. The summed E-state index contributed by atoms with van der Waals surface area (Å²) >= 11 is 8.91. The largest absolute Gasteiger partial charge is 0.481 e. The third-order valence-electron chi connectivity index (χ3n) is 5.75. The first-order chi connectivity index (χ1) is 17.3. The van der Waals surface area contributed by atoms with E-state index in [9.17, 15) is 19.5 Å². The van der Waals surface area contributed by atoms with E-state index in [-0.39, 0.29) is 11.8 Å². The van der Waals surface area contributed by atoms with Crippen LogP contribution in [0.3, 0.4) is 0 Å². The Hall–Kier alpha value is -3.14. The number of amides is 2. The molecule has 0 fully saturated rings. The van der Waals surface area contributed by atoms with E-state index in [1.54, 1.807) is 37.3 Å². The number of anilines is 2. The maximum absolute atomic E-state index is 12.8. The molecule has 0 spiro atoms. The standard InChI is InChI=1S/C26H24ClN3O4S2/c1-15(23(31)30-26-29-22(14-35-26)20-11-4-5-12-21(20)27)36-17-8-6-7-16(13-17)28-24(32)18-9-2-3-10-19(18)25(33)34/h2-8,11-15,18-19H,9-10H2,1H3,(H,28,32)(H,33,34)(H,29,30,31). The van der Waals surface area contributed by atoms with Crippen LogP contribution in [0, 0.1) is 11.8 Å². The zero-order valence-electron chi connectivity index (χ0n) is 19.3. The summed E-state index contributed by atoms with van der Waals surface area (Å²) in [5.74, 6) is -2.85. The van der Waals surface area contributed by atoms with Crippen LogP contribution in [0.2, 0.25) is 5.02 Å². The van der Waals surface area contributed by atoms with Crippen LogP contribution < -0.4 is 10.6 Å². The normalized spacial score (nSPS) is 17.8. The Kier molecular flexibility index (Phi) is 8.45. The number of carboxylic acid groups (broad SMARTS) is 1. The monoisotopic (exact) mass is 541 g/mol. The van der Waals surface area contributed by atoms with Crippen molar-refractivity contribution in [2.45, 2.75) is 29.9 Å². The van der Waals surface area contributed by atoms with Gasteiger partial charge < -0.3 is 15.7 Å². The number of carboxylic acids is 1. The van der Waals surface area contributed by atoms with Gasteiger partial charge in [0.15, 0.2) is 5.13 Å². The first kappa shape index (κ1) is 25.9. The number of nitrogens with zero attached hydrogens (tertiary/aromatic N) is 1. The average molecular weight is 542 g/mol. The highest BCUT2D eigenvalue weighted by Crippen LogP contribution is 2.32. The third-order valence-corrected chi connectivity index (χ3v) is 7.94. The molecule has 0 saturated carbocycles. The molecule has 2 aromatic carbocycles. The molecule has 186 valence electrons. The van der Waals surface area contributed by atoms with Crippen molar-refractivity contribution in [1.82, 2.24) is 4.98 Å². The lowest BCUT2D eigenvalue weighted by molar-refractivity contribution is -0.146. The zero-order chi connectivity index (χ0) is 25.7. The topological polar surface area (TPSA) is 108 Å². The first-order valence-electron chi connectivity index (χ1n) is 11.3. The van der Waals surface area contributed by atoms with Gasteiger partial charge in [-0.3, -0.25) is 14.4 Å². The Morgan fingerprint density at radius 1 is 1.08 bits per heavy atom. The smallest absolute Gasteiger partial charge is 0.307 e. The summed E-state index contributed by atoms with van der Waals surface area (Å²) in [6.45, 7) is 1.79. The summed E-state index contributed by atoms with van der Waals surface area (Å²) in [5.41, 5.74) is 2.06. The van der Waals surface area contributed by atoms with E-state index in [1.807, 2.05) is 35.7 Å². The van der Waals surface area contributed by atoms with Crippen LogP contribution in [0.25, 0.3) is 11.3 Å². The van der Waals surface area contributed by atoms with E-state index in [0.29, 0.717) is 34.4 Å². The van der Waals surface area contributed by atoms with Gasteiger partial charge in [0.05, 0.1) is 22.8 Å². The second kappa shape index (κ2) is 11.7. The summed E-state index contributed by atoms with van der Waals surface area (Å²) in [6.07, 6.45) is 4.38. The number of thiazole rings is 1. The van der Waals surface area contributed by atoms with Crippen LogP contribution in [0.15, 0.2) is 71.0 Å². The molecular weight excluding hydrogens is 518 g/mol. The van der Waals surface area contributed by atoms with Crippen molar-refractivity contribution in [2.24, 2.45) is 11.8 Å². The molecule has 1 aliphatic rings. The van der Waals surface area contributed by atoms with Gasteiger partial charge in [-0.2, -0.15) is 0 Å². The number of aromatic nitrogens is 1. The van der Waals surface area contributed by atoms with Crippen molar-refractivity contribution in [1.29, 1.82) is 0 Å². The lowest BCUT2D eigenvalue weighted by Gasteiger charge is -2.24. The van der Waals surface area contributed by atoms with Gasteiger partial charge in [-0.15, -0.1) is 23.1 Å². The highest BCUT2D eigenvalue weighted by Gasteiger charge is 2.34. The quantitative estimate of drug-likeness (QED) is 0.232. The number of carbonyl (C=O) groups is 3. The van der Waals surface area contributed by atoms with Crippen LogP contribution in [0.5, 0.6) is 0 Å². The van der Waals surface area contributed by atoms with Gasteiger partial charge in [-0.25, -0.2) is 4.98 Å². The maximum Gasteiger partial charge on any atom is 0.307 e. The number of thioether (sulfide) groups is 1. The second-order valence-electron chi connectivity index (χ2n) is 8.28. The SMILES string of the molecule is CC(Sc1cccc(NC(=O)C2CC=CCC2C(=O)O)c1)C(=O)Nc1nc(-c2ccccc2Cl)cs1. The number of hydrogen-bond acceptors (Lipinski definition) is 6. The van der Waals surface area contributed by atoms with Gasteiger partial charge >= 0.3 is 5.97 Å². The molecule has 3 aromatic rings. The minimum Gasteiger partial charge on any atom is -0.481 e. The fourth-order valence-electron chi connectivity index (χ4n) is 3.85. The number of carbonyl (C=O) groups excluding carboxylic acids is 2. The molecule has 4 rings (SSSR count). The van der Waals surface area contributed by atoms with Gasteiger partial charge in [-0.05, 0) is 44.0 Å². The lowest BCUT2D eigenvalue weighted by atomic mass is 9.82. The predicted octanol–water partition coefficient (Wildman–Crippen LogP) is 6.19. The molecule has 1 aromatic heterocycles. The van der Waals surface area contributed by atoms with Crippen molar-refractivity contribution < 1.29 is 19.5 Å². The van der Waals surface area contributed by atoms with Crippen molar-refractivity contribution in [3.63, 3.8) is 0 Å². The highest BCUT2D eigenvalue weighted by molar-refractivity contribution is 8.00. The summed E-state index contributed by atoms with van der Waals surface area (Å²) in [5, 5.41) is 17.6. The number of halogens is 1. The van der Waals surface area contributed by atoms with E-state index in [0.717, 1.165) is 10.5 Å². The Bertz CT molecular complexity index is 1310. The number of rotatable bonds is 8. The molecule has 10 heteroatoms. The van der Waals surface area contributed by atoms with Gasteiger partial charge in [-0.1, -0.05) is 48.0 Å². The Morgan fingerprint density at radius 3 is 2.58 bits per heavy atom. The molecule has 7 nitrogen and oxygen atoms in total. The molecule has 1 aliphatic carbocycles. The van der Waals surface area contributed by atoms with Gasteiger partial charge in [0.25, 0.3) is 0 Å². The maximum atomic E-state index is 12.8. The molecule has 2 amide bonds. The fraction of sp³-hybridized carbons (Fsp3) is 0.231. The third kappa shape index (κ3) is 6.34. The molecule has 1 heterocycles. The fourth-order valence-corrected chi connectivity index (χ4v) is 5.72. The van der Waals surface area contributed by atoms with Gasteiger partial charge in [0.1, 0.15) is 0 Å². The predicted molar refractivity (Wildman–Crippen MR) is 145 cm³/mol. The van der Waals surface area contributed by atoms with Crippen LogP contribution in [-0.2, 0) is 14.4 Å². The molecule has 0 radical (unpaired) electrons. The van der Waals surface area contributed by atoms with Crippen molar-refractivity contribution >= 4 is 63.3 Å². The lowest BCUT2D eigenvalue weighted by Crippen LogP contribution is -2.34. The first-order valence-corrected chi connectivity index (χ1v) is 13.4. The highest BCUT2D eigenvalue weighted by atomic mass is 35.5. The van der Waals surface area contributed by atoms with E-state index < -0.39 is 23.1 Å². The summed E-state index contributed by atoms with van der Waals surface area (Å²) in [7, 11) is 0. The van der Waals surface area contributed by atoms with E-state index in [4.69, 9.17) is 11.6 Å². The van der Waals surface area contributed by atoms with Gasteiger partial charge in [0, 0.05) is 26.5 Å². The van der Waals surface area contributed by atoms with Crippen LogP contribution in [-0.4, -0.2) is 33.1 Å². The van der Waals surface area contributed by atoms with Crippen molar-refractivity contribution in [2.75, 3.05) is 10.6 Å². The molecule has 3 atom stereocenters. The number of benzene rings is 2. The molecule has 0 aliphatic heterocycles. The molecule has 0 bridgehead atoms. The summed E-state index contributed by atoms with van der Waals surface area (Å²) in [4.78, 5) is 42.3. The molecule has 36 heavy (non-hydrogen) atoms. The Morgan fingerprint density at radius 2 is 1.83 bits per heavy atom. The van der Waals surface area contributed by atoms with Crippen molar-refractivity contribution in [3.8, 4) is 11.3 Å². The number of allylic oxidation sites excluding steroid dienone is 2. The number of aliphatic carboxylic acids is 1. The number of nitrogens with one attached hydrogen (secondary N) is 2. The van der Waals surface area contributed by atoms with E-state index in [2.05, 4.69) is 15.6 Å². The molecule has 0 saturated heterocycles.